The lowest BCUT2D eigenvalue weighted by Gasteiger charge is -2.33. The number of anilines is 1. The van der Waals surface area contributed by atoms with E-state index in [1.165, 1.54) is 12.1 Å². The van der Waals surface area contributed by atoms with Gasteiger partial charge in [0.25, 0.3) is 5.69 Å². The van der Waals surface area contributed by atoms with E-state index in [1.54, 1.807) is 17.0 Å². The van der Waals surface area contributed by atoms with Crippen molar-refractivity contribution >= 4 is 17.4 Å². The minimum Gasteiger partial charge on any atom is -0.319 e. The number of hydrogen-bond acceptors (Lipinski definition) is 4. The van der Waals surface area contributed by atoms with Crippen molar-refractivity contribution in [2.75, 3.05) is 25.0 Å². The van der Waals surface area contributed by atoms with Crippen LogP contribution in [0.5, 0.6) is 0 Å². The largest absolute Gasteiger partial charge is 0.322 e. The molecule has 1 saturated heterocycles. The first-order chi connectivity index (χ1) is 9.08. The SMILES string of the molecule is C[C@@H]1CNCCN1C(=O)Nc1cccc([N+](=O)[O-])c1. The maximum atomic E-state index is 12.1. The van der Waals surface area contributed by atoms with E-state index in [9.17, 15) is 14.9 Å². The molecular weight excluding hydrogens is 248 g/mol. The van der Waals surface area contributed by atoms with Gasteiger partial charge in [-0.3, -0.25) is 10.1 Å². The van der Waals surface area contributed by atoms with Crippen molar-refractivity contribution < 1.29 is 9.72 Å². The van der Waals surface area contributed by atoms with Gasteiger partial charge in [0.1, 0.15) is 0 Å². The minimum absolute atomic E-state index is 0.0360. The Morgan fingerprint density at radius 2 is 2.37 bits per heavy atom. The molecular formula is C12H16N4O3. The topological polar surface area (TPSA) is 87.5 Å². The molecule has 0 saturated carbocycles. The summed E-state index contributed by atoms with van der Waals surface area (Å²) in [5.74, 6) is 0. The highest BCUT2D eigenvalue weighted by Crippen LogP contribution is 2.17. The average Bonchev–Trinajstić information content (AvgIpc) is 2.39. The number of nitrogens with one attached hydrogen (secondary N) is 2. The number of carbonyl (C=O) groups is 1. The number of urea groups is 1. The summed E-state index contributed by atoms with van der Waals surface area (Å²) in [5.41, 5.74) is 0.399. The van der Waals surface area contributed by atoms with Gasteiger partial charge in [-0.1, -0.05) is 6.07 Å². The van der Waals surface area contributed by atoms with Crippen molar-refractivity contribution in [2.45, 2.75) is 13.0 Å². The van der Waals surface area contributed by atoms with Crippen LogP contribution < -0.4 is 10.6 Å². The second-order valence-corrected chi connectivity index (χ2v) is 4.48. The highest BCUT2D eigenvalue weighted by molar-refractivity contribution is 5.90. The van der Waals surface area contributed by atoms with Crippen molar-refractivity contribution in [3.05, 3.63) is 34.4 Å². The summed E-state index contributed by atoms with van der Waals surface area (Å²) in [6.07, 6.45) is 0. The van der Waals surface area contributed by atoms with Crippen molar-refractivity contribution in [3.8, 4) is 0 Å². The van der Waals surface area contributed by atoms with Crippen LogP contribution in [0.3, 0.4) is 0 Å². The number of nitro benzene ring substituents is 1. The first-order valence-corrected chi connectivity index (χ1v) is 6.10. The van der Waals surface area contributed by atoms with Crippen molar-refractivity contribution in [1.82, 2.24) is 10.2 Å². The van der Waals surface area contributed by atoms with Crippen LogP contribution >= 0.6 is 0 Å². The van der Waals surface area contributed by atoms with E-state index >= 15 is 0 Å². The molecule has 19 heavy (non-hydrogen) atoms. The Kier molecular flexibility index (Phi) is 3.96. The number of nitro groups is 1. The van der Waals surface area contributed by atoms with E-state index in [0.29, 0.717) is 12.2 Å². The fourth-order valence-electron chi connectivity index (χ4n) is 2.04. The molecule has 7 heteroatoms. The summed E-state index contributed by atoms with van der Waals surface area (Å²) in [6.45, 7) is 4.09. The summed E-state index contributed by atoms with van der Waals surface area (Å²) in [6, 6.07) is 5.81. The number of amides is 2. The molecule has 7 nitrogen and oxygen atoms in total. The molecule has 2 N–H and O–H groups in total. The van der Waals surface area contributed by atoms with Gasteiger partial charge in [0.15, 0.2) is 0 Å². The number of carbonyl (C=O) groups excluding carboxylic acids is 1. The number of rotatable bonds is 2. The minimum atomic E-state index is -0.483. The molecule has 1 aromatic rings. The molecule has 2 rings (SSSR count). The third-order valence-electron chi connectivity index (χ3n) is 3.07. The molecule has 1 atom stereocenters. The van der Waals surface area contributed by atoms with Gasteiger partial charge in [-0.05, 0) is 13.0 Å². The number of piperazine rings is 1. The Hall–Kier alpha value is -2.15. The molecule has 0 aromatic heterocycles. The Labute approximate surface area is 110 Å². The zero-order valence-corrected chi connectivity index (χ0v) is 10.6. The highest BCUT2D eigenvalue weighted by Gasteiger charge is 2.23. The van der Waals surface area contributed by atoms with Crippen LogP contribution in [0, 0.1) is 10.1 Å². The van der Waals surface area contributed by atoms with Crippen molar-refractivity contribution in [3.63, 3.8) is 0 Å². The predicted octanol–water partition coefficient (Wildman–Crippen LogP) is 1.42. The van der Waals surface area contributed by atoms with E-state index in [4.69, 9.17) is 0 Å². The Morgan fingerprint density at radius 1 is 1.58 bits per heavy atom. The highest BCUT2D eigenvalue weighted by atomic mass is 16.6. The zero-order chi connectivity index (χ0) is 13.8. The number of non-ortho nitro benzene ring substituents is 1. The molecule has 1 fully saturated rings. The van der Waals surface area contributed by atoms with Gasteiger partial charge in [-0.15, -0.1) is 0 Å². The van der Waals surface area contributed by atoms with E-state index in [1.807, 2.05) is 6.92 Å². The van der Waals surface area contributed by atoms with Gasteiger partial charge >= 0.3 is 6.03 Å². The number of hydrogen-bond donors (Lipinski definition) is 2. The summed E-state index contributed by atoms with van der Waals surface area (Å²) < 4.78 is 0. The zero-order valence-electron chi connectivity index (χ0n) is 10.6. The van der Waals surface area contributed by atoms with Crippen molar-refractivity contribution in [2.24, 2.45) is 0 Å². The van der Waals surface area contributed by atoms with Crippen LogP contribution in [0.2, 0.25) is 0 Å². The smallest absolute Gasteiger partial charge is 0.319 e. The van der Waals surface area contributed by atoms with Crippen LogP contribution in [-0.4, -0.2) is 41.5 Å². The fourth-order valence-corrected chi connectivity index (χ4v) is 2.04. The van der Waals surface area contributed by atoms with Gasteiger partial charge in [-0.25, -0.2) is 4.79 Å². The quantitative estimate of drug-likeness (QED) is 0.624. The van der Waals surface area contributed by atoms with Crippen LogP contribution in [0.4, 0.5) is 16.2 Å². The molecule has 1 aliphatic heterocycles. The maximum Gasteiger partial charge on any atom is 0.322 e. The third kappa shape index (κ3) is 3.19. The van der Waals surface area contributed by atoms with Gasteiger partial charge < -0.3 is 15.5 Å². The van der Waals surface area contributed by atoms with Gasteiger partial charge in [0, 0.05) is 43.5 Å². The summed E-state index contributed by atoms with van der Waals surface area (Å²) in [4.78, 5) is 24.0. The number of nitrogens with zero attached hydrogens (tertiary/aromatic N) is 2. The molecule has 0 spiro atoms. The molecule has 0 aliphatic carbocycles. The van der Waals surface area contributed by atoms with Crippen LogP contribution in [0.1, 0.15) is 6.92 Å². The Balaban J connectivity index is 2.06. The standard InChI is InChI=1S/C12H16N4O3/c1-9-8-13-5-6-15(9)12(17)14-10-3-2-4-11(7-10)16(18)19/h2-4,7,9,13H,5-6,8H2,1H3,(H,14,17)/t9-/m1/s1. The number of benzene rings is 1. The fraction of sp³-hybridized carbons (Fsp3) is 0.417. The Morgan fingerprint density at radius 3 is 3.05 bits per heavy atom. The normalized spacial score (nSPS) is 19.0. The van der Waals surface area contributed by atoms with Crippen LogP contribution in [-0.2, 0) is 0 Å². The molecule has 0 bridgehead atoms. The molecule has 2 amide bonds. The van der Waals surface area contributed by atoms with E-state index in [0.717, 1.165) is 13.1 Å². The average molecular weight is 264 g/mol. The van der Waals surface area contributed by atoms with Crippen LogP contribution in [0.25, 0.3) is 0 Å². The predicted molar refractivity (Wildman–Crippen MR) is 71.2 cm³/mol. The second kappa shape index (κ2) is 5.66. The van der Waals surface area contributed by atoms with Crippen LogP contribution in [0.15, 0.2) is 24.3 Å². The lowest BCUT2D eigenvalue weighted by molar-refractivity contribution is -0.384. The first-order valence-electron chi connectivity index (χ1n) is 6.10. The third-order valence-corrected chi connectivity index (χ3v) is 3.07. The summed E-state index contributed by atoms with van der Waals surface area (Å²) in [7, 11) is 0. The summed E-state index contributed by atoms with van der Waals surface area (Å²) >= 11 is 0. The van der Waals surface area contributed by atoms with E-state index in [-0.39, 0.29) is 17.8 Å². The monoisotopic (exact) mass is 264 g/mol. The molecule has 102 valence electrons. The second-order valence-electron chi connectivity index (χ2n) is 4.48. The van der Waals surface area contributed by atoms with Crippen molar-refractivity contribution in [1.29, 1.82) is 0 Å². The van der Waals surface area contributed by atoms with E-state index < -0.39 is 4.92 Å². The van der Waals surface area contributed by atoms with E-state index in [2.05, 4.69) is 10.6 Å². The lowest BCUT2D eigenvalue weighted by atomic mass is 10.2. The molecule has 1 aromatic carbocycles. The van der Waals surface area contributed by atoms with Gasteiger partial charge in [-0.2, -0.15) is 0 Å². The first kappa shape index (κ1) is 13.3. The maximum absolute atomic E-state index is 12.1. The molecule has 1 aliphatic rings. The Bertz CT molecular complexity index is 492. The summed E-state index contributed by atoms with van der Waals surface area (Å²) in [5, 5.41) is 16.6. The molecule has 1 heterocycles. The molecule has 0 radical (unpaired) electrons. The lowest BCUT2D eigenvalue weighted by Crippen LogP contribution is -2.53. The van der Waals surface area contributed by atoms with Gasteiger partial charge in [0.2, 0.25) is 0 Å². The van der Waals surface area contributed by atoms with Gasteiger partial charge in [0.05, 0.1) is 4.92 Å². The molecule has 0 unspecified atom stereocenters.